The van der Waals surface area contributed by atoms with Crippen LogP contribution in [0.2, 0.25) is 5.02 Å². The van der Waals surface area contributed by atoms with Gasteiger partial charge in [0.05, 0.1) is 22.2 Å². The lowest BCUT2D eigenvalue weighted by molar-refractivity contribution is -0.137. The van der Waals surface area contributed by atoms with Crippen LogP contribution in [0.3, 0.4) is 0 Å². The van der Waals surface area contributed by atoms with Gasteiger partial charge in [-0.25, -0.2) is 8.78 Å². The van der Waals surface area contributed by atoms with Gasteiger partial charge in [0, 0.05) is 11.6 Å². The van der Waals surface area contributed by atoms with Crippen molar-refractivity contribution in [2.75, 3.05) is 6.61 Å². The number of amides is 2. The van der Waals surface area contributed by atoms with Gasteiger partial charge in [0.25, 0.3) is 18.2 Å². The minimum atomic E-state index is -4.69. The summed E-state index contributed by atoms with van der Waals surface area (Å²) in [6.07, 6.45) is -7.22. The summed E-state index contributed by atoms with van der Waals surface area (Å²) in [4.78, 5) is 25.0. The van der Waals surface area contributed by atoms with Crippen LogP contribution in [0.15, 0.2) is 28.8 Å². The van der Waals surface area contributed by atoms with Gasteiger partial charge >= 0.3 is 6.18 Å². The summed E-state index contributed by atoms with van der Waals surface area (Å²) in [6, 6.07) is 3.76. The number of hydrogen-bond acceptors (Lipinski definition) is 6. The molecule has 0 aliphatic heterocycles. The van der Waals surface area contributed by atoms with Crippen molar-refractivity contribution >= 4 is 23.4 Å². The summed E-state index contributed by atoms with van der Waals surface area (Å²) in [5.41, 5.74) is -3.58. The highest BCUT2D eigenvalue weighted by Crippen LogP contribution is 2.47. The normalized spacial score (nSPS) is 25.6. The second-order valence-corrected chi connectivity index (χ2v) is 9.41. The molecule has 1 atom stereocenters. The second-order valence-electron chi connectivity index (χ2n) is 9.00. The van der Waals surface area contributed by atoms with Crippen LogP contribution < -0.4 is 15.4 Å². The largest absolute Gasteiger partial charge is 0.484 e. The van der Waals surface area contributed by atoms with Crippen LogP contribution in [0.4, 0.5) is 22.0 Å². The number of carbonyl (C=O) groups excluding carboxylic acids is 2. The molecule has 36 heavy (non-hydrogen) atoms. The minimum absolute atomic E-state index is 0.0852. The van der Waals surface area contributed by atoms with Crippen molar-refractivity contribution in [3.63, 3.8) is 0 Å². The molecular formula is C22H21ClF5N3O5. The van der Waals surface area contributed by atoms with Crippen molar-refractivity contribution in [1.29, 1.82) is 0 Å². The van der Waals surface area contributed by atoms with Gasteiger partial charge in [0.1, 0.15) is 5.75 Å². The van der Waals surface area contributed by atoms with Crippen molar-refractivity contribution < 1.29 is 45.9 Å². The quantitative estimate of drug-likeness (QED) is 0.460. The summed E-state index contributed by atoms with van der Waals surface area (Å²) in [7, 11) is 0. The molecule has 14 heteroatoms. The molecule has 2 bridgehead atoms. The predicted molar refractivity (Wildman–Crippen MR) is 114 cm³/mol. The Morgan fingerprint density at radius 1 is 1.19 bits per heavy atom. The van der Waals surface area contributed by atoms with Crippen LogP contribution in [0, 0.1) is 0 Å². The Morgan fingerprint density at radius 3 is 2.47 bits per heavy atom. The maximum Gasteiger partial charge on any atom is 0.417 e. The molecule has 3 aliphatic carbocycles. The molecule has 0 saturated heterocycles. The number of hydrogen-bond donors (Lipinski definition) is 3. The number of ether oxygens (including phenoxy) is 1. The molecule has 1 aromatic carbocycles. The van der Waals surface area contributed by atoms with E-state index in [1.807, 2.05) is 0 Å². The van der Waals surface area contributed by atoms with Gasteiger partial charge in [0.15, 0.2) is 12.3 Å². The molecule has 2 aromatic rings. The molecule has 5 rings (SSSR count). The fourth-order valence-electron chi connectivity index (χ4n) is 4.74. The summed E-state index contributed by atoms with van der Waals surface area (Å²) in [6.45, 7) is -0.590. The van der Waals surface area contributed by atoms with Crippen molar-refractivity contribution in [2.45, 2.75) is 61.9 Å². The number of aliphatic hydroxyl groups excluding tert-OH is 1. The van der Waals surface area contributed by atoms with Gasteiger partial charge in [0.2, 0.25) is 5.76 Å². The number of fused-ring (bicyclic) bond motifs is 3. The zero-order chi connectivity index (χ0) is 26.3. The van der Waals surface area contributed by atoms with Crippen LogP contribution in [-0.4, -0.2) is 45.9 Å². The maximum atomic E-state index is 13.0. The van der Waals surface area contributed by atoms with Crippen LogP contribution >= 0.6 is 11.6 Å². The molecule has 3 N–H and O–H groups in total. The van der Waals surface area contributed by atoms with Gasteiger partial charge in [-0.05, 0) is 50.3 Å². The van der Waals surface area contributed by atoms with E-state index in [0.717, 1.165) is 12.1 Å². The topological polar surface area (TPSA) is 114 Å². The molecule has 3 fully saturated rings. The summed E-state index contributed by atoms with van der Waals surface area (Å²) < 4.78 is 74.3. The van der Waals surface area contributed by atoms with E-state index < -0.39 is 64.5 Å². The molecule has 3 aliphatic rings. The highest BCUT2D eigenvalue weighted by Gasteiger charge is 2.55. The molecule has 0 unspecified atom stereocenters. The fraction of sp³-hybridized carbons (Fsp3) is 0.500. The number of alkyl halides is 5. The number of carbonyl (C=O) groups is 2. The first kappa shape index (κ1) is 26.1. The lowest BCUT2D eigenvalue weighted by atomic mass is 9.60. The third-order valence-corrected chi connectivity index (χ3v) is 7.01. The zero-order valence-electron chi connectivity index (χ0n) is 18.5. The van der Waals surface area contributed by atoms with E-state index in [4.69, 9.17) is 16.3 Å². The monoisotopic (exact) mass is 537 g/mol. The lowest BCUT2D eigenvalue weighted by Crippen LogP contribution is -2.70. The fourth-order valence-corrected chi connectivity index (χ4v) is 4.96. The molecule has 3 saturated carbocycles. The first-order chi connectivity index (χ1) is 16.8. The third kappa shape index (κ3) is 5.26. The number of halogens is 6. The highest BCUT2D eigenvalue weighted by molar-refractivity contribution is 6.31. The number of rotatable bonds is 7. The van der Waals surface area contributed by atoms with Crippen LogP contribution in [0.1, 0.15) is 60.3 Å². The van der Waals surface area contributed by atoms with E-state index in [2.05, 4.69) is 20.3 Å². The van der Waals surface area contributed by atoms with Gasteiger partial charge in [-0.1, -0.05) is 16.8 Å². The Balaban J connectivity index is 1.34. The van der Waals surface area contributed by atoms with E-state index >= 15 is 0 Å². The molecule has 1 heterocycles. The number of aliphatic hydroxyl groups is 1. The minimum Gasteiger partial charge on any atom is -0.484 e. The average molecular weight is 538 g/mol. The van der Waals surface area contributed by atoms with E-state index in [1.165, 1.54) is 6.07 Å². The summed E-state index contributed by atoms with van der Waals surface area (Å²) >= 11 is 5.57. The summed E-state index contributed by atoms with van der Waals surface area (Å²) in [5.74, 6) is -1.96. The molecule has 2 amide bonds. The first-order valence-electron chi connectivity index (χ1n) is 10.9. The molecule has 8 nitrogen and oxygen atoms in total. The van der Waals surface area contributed by atoms with E-state index in [1.54, 1.807) is 0 Å². The van der Waals surface area contributed by atoms with Crippen LogP contribution in [0.25, 0.3) is 0 Å². The van der Waals surface area contributed by atoms with E-state index in [-0.39, 0.29) is 30.8 Å². The molecule has 0 spiro atoms. The number of aromatic nitrogens is 1. The number of nitrogens with one attached hydrogen (secondary N) is 2. The van der Waals surface area contributed by atoms with Gasteiger partial charge in [-0.15, -0.1) is 0 Å². The highest BCUT2D eigenvalue weighted by atomic mass is 35.5. The van der Waals surface area contributed by atoms with Crippen molar-refractivity contribution in [1.82, 2.24) is 15.8 Å². The predicted octanol–water partition coefficient (Wildman–Crippen LogP) is 4.03. The average Bonchev–Trinajstić information content (AvgIpc) is 3.30. The number of benzene rings is 1. The Labute approximate surface area is 206 Å². The van der Waals surface area contributed by atoms with Crippen LogP contribution in [0.5, 0.6) is 5.75 Å². The first-order valence-corrected chi connectivity index (χ1v) is 11.3. The SMILES string of the molecule is O=C(COc1ccc(Cl)c(C(F)(F)F)c1)NC12CCC(NC(=O)c3cc(C(F)F)no3)(CC1)C[C@@H]2O. The Morgan fingerprint density at radius 2 is 1.89 bits per heavy atom. The van der Waals surface area contributed by atoms with E-state index in [9.17, 15) is 36.6 Å². The standard InChI is InChI=1S/C22H21ClF5N3O5/c23-13-2-1-11(7-12(13)22(26,27)28)35-10-17(33)29-21-5-3-20(4-6-21,9-16(21)32)30-19(34)15-8-14(18(24)25)31-36-15/h1-2,7-8,16,18,32H,3-6,9-10H2,(H,29,33)(H,30,34)/t16-,20?,21?/m0/s1. The molecule has 0 radical (unpaired) electrons. The second kappa shape index (κ2) is 9.51. The summed E-state index contributed by atoms with van der Waals surface area (Å²) in [5, 5.41) is 18.9. The van der Waals surface area contributed by atoms with Gasteiger partial charge in [-0.3, -0.25) is 9.59 Å². The zero-order valence-corrected chi connectivity index (χ0v) is 19.3. The van der Waals surface area contributed by atoms with Gasteiger partial charge < -0.3 is 25.0 Å². The maximum absolute atomic E-state index is 13.0. The molecular weight excluding hydrogens is 517 g/mol. The Bertz CT molecular complexity index is 1150. The smallest absolute Gasteiger partial charge is 0.417 e. The molecule has 196 valence electrons. The number of nitrogens with zero attached hydrogens (tertiary/aromatic N) is 1. The van der Waals surface area contributed by atoms with Crippen molar-refractivity contribution in [3.8, 4) is 5.75 Å². The Hall–Kier alpha value is -2.93. The van der Waals surface area contributed by atoms with Crippen LogP contribution in [-0.2, 0) is 11.0 Å². The van der Waals surface area contributed by atoms with Gasteiger partial charge in [-0.2, -0.15) is 13.2 Å². The van der Waals surface area contributed by atoms with Crippen molar-refractivity contribution in [3.05, 3.63) is 46.3 Å². The Kier molecular flexibility index (Phi) is 6.90. The lowest BCUT2D eigenvalue weighted by Gasteiger charge is -2.56. The molecule has 1 aromatic heterocycles. The van der Waals surface area contributed by atoms with E-state index in [0.29, 0.717) is 18.9 Å². The third-order valence-electron chi connectivity index (χ3n) is 6.68. The van der Waals surface area contributed by atoms with Crippen molar-refractivity contribution in [2.24, 2.45) is 0 Å².